The Morgan fingerprint density at radius 1 is 0.850 bits per heavy atom. The fraction of sp³-hybridized carbons (Fsp3) is 1.00. The first kappa shape index (κ1) is 13.5. The minimum absolute atomic E-state index is 0.634. The molecular weight excluding hydrogens is 248 g/mol. The summed E-state index contributed by atoms with van der Waals surface area (Å²) in [6.45, 7) is 15.3. The van der Waals surface area contributed by atoms with Gasteiger partial charge >= 0.3 is 0 Å². The quantitative estimate of drug-likeness (QED) is 0.818. The molecule has 114 valence electrons. The summed E-state index contributed by atoms with van der Waals surface area (Å²) in [6, 6.07) is 0. The van der Waals surface area contributed by atoms with Gasteiger partial charge in [0.25, 0.3) is 0 Å². The topological polar surface area (TPSA) is 21.8 Å². The Labute approximate surface area is 123 Å². The third-order valence-electron chi connectivity index (χ3n) is 6.33. The van der Waals surface area contributed by atoms with Crippen LogP contribution in [-0.4, -0.2) is 80.3 Å². The lowest BCUT2D eigenvalue weighted by atomic mass is 9.79. The lowest BCUT2D eigenvalue weighted by molar-refractivity contribution is -0.0263. The zero-order valence-corrected chi connectivity index (χ0v) is 13.0. The maximum absolute atomic E-state index is 3.56. The van der Waals surface area contributed by atoms with Crippen LogP contribution in [0.1, 0.15) is 26.2 Å². The first-order chi connectivity index (χ1) is 9.71. The molecule has 1 N–H and O–H groups in total. The van der Waals surface area contributed by atoms with Crippen LogP contribution in [0.3, 0.4) is 0 Å². The molecule has 0 aromatic carbocycles. The molecule has 0 aromatic rings. The van der Waals surface area contributed by atoms with Crippen molar-refractivity contribution in [3.8, 4) is 0 Å². The Hall–Kier alpha value is -0.160. The van der Waals surface area contributed by atoms with Crippen LogP contribution in [0.2, 0.25) is 0 Å². The number of hydrogen-bond donors (Lipinski definition) is 1. The first-order valence-electron chi connectivity index (χ1n) is 8.59. The number of hydrogen-bond acceptors (Lipinski definition) is 4. The van der Waals surface area contributed by atoms with Gasteiger partial charge in [0.15, 0.2) is 0 Å². The second-order valence-electron chi connectivity index (χ2n) is 7.98. The third kappa shape index (κ3) is 2.31. The van der Waals surface area contributed by atoms with Gasteiger partial charge in [-0.15, -0.1) is 0 Å². The Balaban J connectivity index is 1.25. The Kier molecular flexibility index (Phi) is 3.33. The number of rotatable bonds is 3. The SMILES string of the molecule is CCN1CCC2(C1)CN(CN1CCC3(CCNC3)C1)C2. The van der Waals surface area contributed by atoms with Gasteiger partial charge < -0.3 is 10.2 Å². The lowest BCUT2D eigenvalue weighted by Crippen LogP contribution is -2.59. The summed E-state index contributed by atoms with van der Waals surface area (Å²) in [5.74, 6) is 0. The molecule has 1 atom stereocenters. The van der Waals surface area contributed by atoms with E-state index in [4.69, 9.17) is 0 Å². The maximum atomic E-state index is 3.56. The van der Waals surface area contributed by atoms with Gasteiger partial charge in [0.2, 0.25) is 0 Å². The summed E-state index contributed by atoms with van der Waals surface area (Å²) < 4.78 is 0. The fourth-order valence-electron chi connectivity index (χ4n) is 5.13. The fourth-order valence-corrected chi connectivity index (χ4v) is 5.13. The van der Waals surface area contributed by atoms with E-state index in [9.17, 15) is 0 Å². The molecule has 1 unspecified atom stereocenters. The lowest BCUT2D eigenvalue weighted by Gasteiger charge is -2.49. The van der Waals surface area contributed by atoms with Crippen LogP contribution in [0.5, 0.6) is 0 Å². The molecule has 0 amide bonds. The molecular formula is C16H30N4. The first-order valence-corrected chi connectivity index (χ1v) is 8.59. The molecule has 4 saturated heterocycles. The predicted octanol–water partition coefficient (Wildman–Crippen LogP) is 0.657. The molecule has 4 aliphatic rings. The van der Waals surface area contributed by atoms with E-state index < -0.39 is 0 Å². The highest BCUT2D eigenvalue weighted by molar-refractivity contribution is 5.02. The highest BCUT2D eigenvalue weighted by atomic mass is 15.4. The summed E-state index contributed by atoms with van der Waals surface area (Å²) in [4.78, 5) is 8.04. The Morgan fingerprint density at radius 3 is 2.25 bits per heavy atom. The van der Waals surface area contributed by atoms with Crippen molar-refractivity contribution in [1.29, 1.82) is 0 Å². The average molecular weight is 278 g/mol. The van der Waals surface area contributed by atoms with Gasteiger partial charge in [-0.05, 0) is 44.3 Å². The van der Waals surface area contributed by atoms with E-state index in [-0.39, 0.29) is 0 Å². The van der Waals surface area contributed by atoms with Crippen LogP contribution in [-0.2, 0) is 0 Å². The third-order valence-corrected chi connectivity index (χ3v) is 6.33. The largest absolute Gasteiger partial charge is 0.316 e. The van der Waals surface area contributed by atoms with Gasteiger partial charge in [-0.1, -0.05) is 6.92 Å². The maximum Gasteiger partial charge on any atom is 0.0506 e. The molecule has 0 bridgehead atoms. The minimum Gasteiger partial charge on any atom is -0.316 e. The zero-order chi connectivity index (χ0) is 13.6. The molecule has 4 rings (SSSR count). The van der Waals surface area contributed by atoms with Crippen molar-refractivity contribution in [1.82, 2.24) is 20.0 Å². The van der Waals surface area contributed by atoms with Crippen molar-refractivity contribution in [2.75, 3.05) is 65.6 Å². The van der Waals surface area contributed by atoms with E-state index in [1.54, 1.807) is 0 Å². The molecule has 0 radical (unpaired) electrons. The minimum atomic E-state index is 0.634. The van der Waals surface area contributed by atoms with E-state index in [1.807, 2.05) is 0 Å². The Morgan fingerprint density at radius 2 is 1.55 bits per heavy atom. The molecule has 4 nitrogen and oxygen atoms in total. The van der Waals surface area contributed by atoms with Gasteiger partial charge in [0, 0.05) is 44.7 Å². The van der Waals surface area contributed by atoms with Crippen LogP contribution in [0.25, 0.3) is 0 Å². The van der Waals surface area contributed by atoms with Gasteiger partial charge in [0.1, 0.15) is 0 Å². The van der Waals surface area contributed by atoms with Gasteiger partial charge in [0.05, 0.1) is 6.67 Å². The summed E-state index contributed by atoms with van der Waals surface area (Å²) >= 11 is 0. The molecule has 20 heavy (non-hydrogen) atoms. The highest BCUT2D eigenvalue weighted by Gasteiger charge is 2.48. The summed E-state index contributed by atoms with van der Waals surface area (Å²) in [7, 11) is 0. The van der Waals surface area contributed by atoms with Gasteiger partial charge in [-0.25, -0.2) is 0 Å². The van der Waals surface area contributed by atoms with E-state index >= 15 is 0 Å². The molecule has 0 saturated carbocycles. The van der Waals surface area contributed by atoms with Crippen LogP contribution < -0.4 is 5.32 Å². The van der Waals surface area contributed by atoms with E-state index in [0.29, 0.717) is 10.8 Å². The number of nitrogens with one attached hydrogen (secondary N) is 1. The molecule has 2 spiro atoms. The van der Waals surface area contributed by atoms with Crippen molar-refractivity contribution < 1.29 is 0 Å². The second kappa shape index (κ2) is 4.94. The summed E-state index contributed by atoms with van der Waals surface area (Å²) in [5.41, 5.74) is 1.30. The standard InChI is InChI=1S/C16H30N4/c1-2-18-7-5-16(11-18)12-20(13-16)14-19-8-4-15(10-19)3-6-17-9-15/h17H,2-14H2,1H3. The van der Waals surface area contributed by atoms with Crippen molar-refractivity contribution in [2.24, 2.45) is 10.8 Å². The average Bonchev–Trinajstić information content (AvgIpc) is 3.11. The van der Waals surface area contributed by atoms with E-state index in [2.05, 4.69) is 26.9 Å². The van der Waals surface area contributed by atoms with E-state index in [1.165, 1.54) is 84.8 Å². The number of likely N-dealkylation sites (tertiary alicyclic amines) is 3. The monoisotopic (exact) mass is 278 g/mol. The van der Waals surface area contributed by atoms with Crippen LogP contribution >= 0.6 is 0 Å². The Bertz CT molecular complexity index is 357. The molecule has 0 aromatic heterocycles. The normalized spacial score (nSPS) is 38.2. The van der Waals surface area contributed by atoms with Crippen molar-refractivity contribution in [3.63, 3.8) is 0 Å². The van der Waals surface area contributed by atoms with Crippen LogP contribution in [0.15, 0.2) is 0 Å². The van der Waals surface area contributed by atoms with Crippen molar-refractivity contribution >= 4 is 0 Å². The van der Waals surface area contributed by atoms with Gasteiger partial charge in [-0.2, -0.15) is 0 Å². The smallest absolute Gasteiger partial charge is 0.0506 e. The summed E-state index contributed by atoms with van der Waals surface area (Å²) in [5, 5.41) is 3.56. The summed E-state index contributed by atoms with van der Waals surface area (Å²) in [6.07, 6.45) is 4.26. The molecule has 4 heteroatoms. The second-order valence-corrected chi connectivity index (χ2v) is 7.98. The zero-order valence-electron chi connectivity index (χ0n) is 13.0. The van der Waals surface area contributed by atoms with Crippen LogP contribution in [0, 0.1) is 10.8 Å². The molecule has 4 aliphatic heterocycles. The number of nitrogens with zero attached hydrogens (tertiary/aromatic N) is 3. The molecule has 4 fully saturated rings. The van der Waals surface area contributed by atoms with Crippen LogP contribution in [0.4, 0.5) is 0 Å². The van der Waals surface area contributed by atoms with Crippen molar-refractivity contribution in [2.45, 2.75) is 26.2 Å². The predicted molar refractivity (Wildman–Crippen MR) is 81.7 cm³/mol. The van der Waals surface area contributed by atoms with E-state index in [0.717, 1.165) is 0 Å². The highest BCUT2D eigenvalue weighted by Crippen LogP contribution is 2.41. The van der Waals surface area contributed by atoms with Gasteiger partial charge in [-0.3, -0.25) is 9.80 Å². The molecule has 4 heterocycles. The van der Waals surface area contributed by atoms with Crippen molar-refractivity contribution in [3.05, 3.63) is 0 Å². The molecule has 0 aliphatic carbocycles.